The Labute approximate surface area is 210 Å². The number of hydrogen-bond donors (Lipinski definition) is 3. The topological polar surface area (TPSA) is 113 Å². The van der Waals surface area contributed by atoms with Crippen molar-refractivity contribution in [1.82, 2.24) is 4.98 Å². The number of fused-ring (bicyclic) bond motifs is 2. The van der Waals surface area contributed by atoms with E-state index >= 15 is 0 Å². The quantitative estimate of drug-likeness (QED) is 0.202. The molecular formula is C29H30N6O. The number of benzene rings is 3. The highest BCUT2D eigenvalue weighted by molar-refractivity contribution is 6.20. The lowest BCUT2D eigenvalue weighted by atomic mass is 10.00. The zero-order valence-corrected chi connectivity index (χ0v) is 20.1. The van der Waals surface area contributed by atoms with Crippen LogP contribution in [-0.4, -0.2) is 41.7 Å². The van der Waals surface area contributed by atoms with Crippen molar-refractivity contribution in [2.45, 2.75) is 25.3 Å². The minimum Gasteiger partial charge on any atom is -0.370 e. The molecule has 0 fully saturated rings. The van der Waals surface area contributed by atoms with Crippen LogP contribution in [0.2, 0.25) is 0 Å². The summed E-state index contributed by atoms with van der Waals surface area (Å²) in [7, 11) is 0. The maximum atomic E-state index is 14.1. The van der Waals surface area contributed by atoms with Gasteiger partial charge in [-0.2, -0.15) is 0 Å². The highest BCUT2D eigenvalue weighted by Crippen LogP contribution is 2.30. The third kappa shape index (κ3) is 4.86. The lowest BCUT2D eigenvalue weighted by Gasteiger charge is -2.25. The second-order valence-corrected chi connectivity index (χ2v) is 8.94. The Bertz CT molecular complexity index is 1420. The number of nitrogens with one attached hydrogen (secondary N) is 1. The van der Waals surface area contributed by atoms with Gasteiger partial charge < -0.3 is 21.4 Å². The molecule has 0 bridgehead atoms. The number of aromatic nitrogens is 1. The van der Waals surface area contributed by atoms with Crippen LogP contribution in [0.4, 0.5) is 5.69 Å². The van der Waals surface area contributed by atoms with Gasteiger partial charge in [0, 0.05) is 47.7 Å². The fourth-order valence-corrected chi connectivity index (χ4v) is 4.78. The van der Waals surface area contributed by atoms with Gasteiger partial charge in [0.05, 0.1) is 11.4 Å². The molecule has 3 aromatic carbocycles. The number of carbonyl (C=O) groups is 1. The Morgan fingerprint density at radius 1 is 0.944 bits per heavy atom. The number of hydrogen-bond acceptors (Lipinski definition) is 3. The minimum atomic E-state index is -0.551. The minimum absolute atomic E-state index is 0.000465. The predicted molar refractivity (Wildman–Crippen MR) is 147 cm³/mol. The van der Waals surface area contributed by atoms with Gasteiger partial charge in [-0.1, -0.05) is 66.7 Å². The van der Waals surface area contributed by atoms with E-state index in [1.54, 1.807) is 0 Å². The van der Waals surface area contributed by atoms with Crippen LogP contribution >= 0.6 is 0 Å². The van der Waals surface area contributed by atoms with Crippen molar-refractivity contribution >= 4 is 34.2 Å². The first-order valence-corrected chi connectivity index (χ1v) is 12.3. The van der Waals surface area contributed by atoms with E-state index in [2.05, 4.69) is 22.1 Å². The highest BCUT2D eigenvalue weighted by atomic mass is 16.2. The average Bonchev–Trinajstić information content (AvgIpc) is 3.26. The number of nitrogens with zero attached hydrogens (tertiary/aromatic N) is 3. The van der Waals surface area contributed by atoms with E-state index in [0.29, 0.717) is 19.5 Å². The lowest BCUT2D eigenvalue weighted by Crippen LogP contribution is -2.39. The van der Waals surface area contributed by atoms with Gasteiger partial charge in [-0.25, -0.2) is 0 Å². The van der Waals surface area contributed by atoms with Crippen LogP contribution in [0, 0.1) is 0 Å². The van der Waals surface area contributed by atoms with Gasteiger partial charge in [0.15, 0.2) is 5.96 Å². The first-order chi connectivity index (χ1) is 17.6. The number of H-pyrrole nitrogens is 1. The molecule has 5 rings (SSSR count). The monoisotopic (exact) mass is 478 g/mol. The van der Waals surface area contributed by atoms with E-state index < -0.39 is 6.04 Å². The van der Waals surface area contributed by atoms with Crippen molar-refractivity contribution in [3.05, 3.63) is 102 Å². The standard InChI is InChI=1S/C29H30N6O/c30-29(31)32-16-8-9-17-35-26-15-7-5-13-23(26)27(20-10-2-1-3-11-20)34-25(28(35)36)18-21-19-33-24-14-6-4-12-22(21)24/h1-7,10-15,19,25,33H,8-9,16-18H2,(H4,30,31,32). The van der Waals surface area contributed by atoms with Crippen molar-refractivity contribution < 1.29 is 4.79 Å². The van der Waals surface area contributed by atoms with Crippen LogP contribution in [0.25, 0.3) is 10.9 Å². The van der Waals surface area contributed by atoms with Crippen LogP contribution in [0.3, 0.4) is 0 Å². The molecule has 0 radical (unpaired) electrons. The SMILES string of the molecule is NC(N)=NCCCCN1C(=O)C(Cc2c[nH]c3ccccc23)N=C(c2ccccc2)c2ccccc21. The fraction of sp³-hybridized carbons (Fsp3) is 0.207. The molecule has 2 heterocycles. The number of rotatable bonds is 8. The molecule has 0 saturated carbocycles. The summed E-state index contributed by atoms with van der Waals surface area (Å²) in [5.41, 5.74) is 16.7. The molecule has 7 heteroatoms. The summed E-state index contributed by atoms with van der Waals surface area (Å²) in [6, 6.07) is 25.7. The fourth-order valence-electron chi connectivity index (χ4n) is 4.78. The molecule has 1 unspecified atom stereocenters. The van der Waals surface area contributed by atoms with Gasteiger partial charge in [-0.15, -0.1) is 0 Å². The average molecular weight is 479 g/mol. The number of nitrogens with two attached hydrogens (primary N) is 2. The molecule has 1 atom stereocenters. The van der Waals surface area contributed by atoms with Crippen LogP contribution in [0.1, 0.15) is 29.5 Å². The zero-order chi connectivity index (χ0) is 24.9. The number of aliphatic imine (C=N–C) groups is 2. The summed E-state index contributed by atoms with van der Waals surface area (Å²) in [5, 5.41) is 1.12. The number of amides is 1. The van der Waals surface area contributed by atoms with Crippen LogP contribution < -0.4 is 16.4 Å². The first kappa shape index (κ1) is 23.4. The molecule has 7 nitrogen and oxygen atoms in total. The van der Waals surface area contributed by atoms with Crippen molar-refractivity contribution in [3.8, 4) is 0 Å². The van der Waals surface area contributed by atoms with E-state index in [4.69, 9.17) is 16.5 Å². The zero-order valence-electron chi connectivity index (χ0n) is 20.1. The van der Waals surface area contributed by atoms with Crippen LogP contribution in [0.15, 0.2) is 95.0 Å². The lowest BCUT2D eigenvalue weighted by molar-refractivity contribution is -0.119. The van der Waals surface area contributed by atoms with Gasteiger partial charge in [0.2, 0.25) is 0 Å². The van der Waals surface area contributed by atoms with Crippen LogP contribution in [-0.2, 0) is 11.2 Å². The van der Waals surface area contributed by atoms with E-state index in [1.807, 2.05) is 77.8 Å². The van der Waals surface area contributed by atoms with Crippen molar-refractivity contribution in [2.24, 2.45) is 21.5 Å². The molecule has 36 heavy (non-hydrogen) atoms. The van der Waals surface area contributed by atoms with Crippen molar-refractivity contribution in [3.63, 3.8) is 0 Å². The maximum Gasteiger partial charge on any atom is 0.252 e. The van der Waals surface area contributed by atoms with Crippen molar-refractivity contribution in [1.29, 1.82) is 0 Å². The first-order valence-electron chi connectivity index (χ1n) is 12.3. The van der Waals surface area contributed by atoms with Gasteiger partial charge in [-0.3, -0.25) is 14.8 Å². The third-order valence-corrected chi connectivity index (χ3v) is 6.51. The summed E-state index contributed by atoms with van der Waals surface area (Å²) in [4.78, 5) is 28.5. The van der Waals surface area contributed by atoms with Gasteiger partial charge in [0.25, 0.3) is 5.91 Å². The third-order valence-electron chi connectivity index (χ3n) is 6.51. The molecule has 0 saturated heterocycles. The molecule has 1 aliphatic heterocycles. The second kappa shape index (κ2) is 10.5. The Kier molecular flexibility index (Phi) is 6.80. The van der Waals surface area contributed by atoms with E-state index in [0.717, 1.165) is 51.8 Å². The van der Waals surface area contributed by atoms with E-state index in [1.165, 1.54) is 0 Å². The Morgan fingerprint density at radius 2 is 1.69 bits per heavy atom. The normalized spacial score (nSPS) is 15.3. The Morgan fingerprint density at radius 3 is 2.53 bits per heavy atom. The molecule has 182 valence electrons. The van der Waals surface area contributed by atoms with E-state index in [9.17, 15) is 4.79 Å². The maximum absolute atomic E-state index is 14.1. The van der Waals surface area contributed by atoms with Gasteiger partial charge >= 0.3 is 0 Å². The highest BCUT2D eigenvalue weighted by Gasteiger charge is 2.32. The number of guanidine groups is 1. The summed E-state index contributed by atoms with van der Waals surface area (Å²) in [6.45, 7) is 1.11. The number of anilines is 1. The summed E-state index contributed by atoms with van der Waals surface area (Å²) >= 11 is 0. The number of benzodiazepines with no additional fused rings is 1. The van der Waals surface area contributed by atoms with Gasteiger partial charge in [-0.05, 0) is 30.5 Å². The van der Waals surface area contributed by atoms with Crippen molar-refractivity contribution in [2.75, 3.05) is 18.0 Å². The van der Waals surface area contributed by atoms with Gasteiger partial charge in [0.1, 0.15) is 6.04 Å². The molecule has 1 aromatic heterocycles. The molecule has 5 N–H and O–H groups in total. The summed E-state index contributed by atoms with van der Waals surface area (Å²) in [5.74, 6) is 0.0893. The molecule has 0 spiro atoms. The molecule has 0 aliphatic carbocycles. The smallest absolute Gasteiger partial charge is 0.252 e. The number of aromatic amines is 1. The molecule has 1 aliphatic rings. The molecule has 1 amide bonds. The summed E-state index contributed by atoms with van der Waals surface area (Å²) < 4.78 is 0. The molecule has 4 aromatic rings. The predicted octanol–water partition coefficient (Wildman–Crippen LogP) is 4.02. The number of para-hydroxylation sites is 2. The van der Waals surface area contributed by atoms with E-state index in [-0.39, 0.29) is 11.9 Å². The molecular weight excluding hydrogens is 448 g/mol. The number of carbonyl (C=O) groups excluding carboxylic acids is 1. The second-order valence-electron chi connectivity index (χ2n) is 8.94. The van der Waals surface area contributed by atoms with Crippen LogP contribution in [0.5, 0.6) is 0 Å². The Hall–Kier alpha value is -4.39. The number of unbranched alkanes of at least 4 members (excludes halogenated alkanes) is 1. The summed E-state index contributed by atoms with van der Waals surface area (Å²) in [6.07, 6.45) is 4.06. The largest absolute Gasteiger partial charge is 0.370 e. The Balaban J connectivity index is 1.54.